The first-order valence-electron chi connectivity index (χ1n) is 18.0. The largest absolute Gasteiger partial charge is 0.508 e. The molecule has 1 N–H and O–H groups in total. The van der Waals surface area contributed by atoms with E-state index in [1.165, 1.54) is 18.6 Å². The monoisotopic (exact) mass is 691 g/mol. The number of carbonyl (C=O) groups excluding carboxylic acids is 3. The number of fused-ring (bicyclic) bond motifs is 4. The van der Waals surface area contributed by atoms with Crippen LogP contribution in [0.1, 0.15) is 97.8 Å². The van der Waals surface area contributed by atoms with Crippen LogP contribution in [0.4, 0.5) is 4.79 Å². The van der Waals surface area contributed by atoms with Gasteiger partial charge in [0.05, 0.1) is 12.7 Å². The standard InChI is InChI=1S/C35H49NO9S2/c1-20(2)33-27(44-33)28-35(45-28)32(3)14-12-22-23(19-41-29(22)38)24(32)18-25-34(35,43-25)30(33)42-31(39)40-16-9-5-4-8-15-36-26(37)11-7-6-10-21-13-17-46-47-21/h20-21,24-25,27-28,30H,4-19H2,1-3H3,(H,36,37)/t21?,24-,25-,27-,28-,30+,32-,33-,34+,35+/m0/s1. The maximum absolute atomic E-state index is 13.2. The number of unbranched alkanes of at least 4 members (excludes halogenated alkanes) is 4. The van der Waals surface area contributed by atoms with E-state index >= 15 is 0 Å². The van der Waals surface area contributed by atoms with Crippen LogP contribution in [0.15, 0.2) is 11.1 Å². The zero-order valence-corrected chi connectivity index (χ0v) is 29.5. The van der Waals surface area contributed by atoms with E-state index < -0.39 is 29.1 Å². The number of ether oxygens (including phenoxy) is 6. The van der Waals surface area contributed by atoms with Crippen molar-refractivity contribution in [3.63, 3.8) is 0 Å². The van der Waals surface area contributed by atoms with Crippen molar-refractivity contribution in [2.75, 3.05) is 25.5 Å². The van der Waals surface area contributed by atoms with Crippen LogP contribution < -0.4 is 5.32 Å². The third kappa shape index (κ3) is 4.95. The molecule has 0 bridgehead atoms. The van der Waals surface area contributed by atoms with Crippen LogP contribution in [0, 0.1) is 17.3 Å². The van der Waals surface area contributed by atoms with E-state index in [1.54, 1.807) is 0 Å². The summed E-state index contributed by atoms with van der Waals surface area (Å²) in [5.74, 6) is 1.44. The summed E-state index contributed by atoms with van der Waals surface area (Å²) in [7, 11) is 3.97. The Morgan fingerprint density at radius 3 is 2.72 bits per heavy atom. The first-order chi connectivity index (χ1) is 22.7. The Morgan fingerprint density at radius 2 is 1.91 bits per heavy atom. The van der Waals surface area contributed by atoms with Gasteiger partial charge in [-0.15, -0.1) is 0 Å². The van der Waals surface area contributed by atoms with Crippen molar-refractivity contribution in [2.45, 2.75) is 144 Å². The number of esters is 1. The van der Waals surface area contributed by atoms with E-state index in [9.17, 15) is 14.4 Å². The van der Waals surface area contributed by atoms with Gasteiger partial charge in [0.25, 0.3) is 0 Å². The Bertz CT molecular complexity index is 1340. The van der Waals surface area contributed by atoms with Crippen LogP contribution >= 0.6 is 21.6 Å². The molecule has 2 saturated carbocycles. The minimum atomic E-state index is -0.778. The van der Waals surface area contributed by atoms with Gasteiger partial charge in [-0.05, 0) is 75.2 Å². The maximum atomic E-state index is 13.2. The fourth-order valence-corrected chi connectivity index (χ4v) is 13.3. The zero-order chi connectivity index (χ0) is 32.6. The lowest BCUT2D eigenvalue weighted by molar-refractivity contribution is -0.136. The van der Waals surface area contributed by atoms with Gasteiger partial charge in [-0.1, -0.05) is 55.2 Å². The summed E-state index contributed by atoms with van der Waals surface area (Å²) >= 11 is 0. The minimum Gasteiger partial charge on any atom is -0.458 e. The topological polar surface area (TPSA) is 129 Å². The van der Waals surface area contributed by atoms with Gasteiger partial charge in [-0.2, -0.15) is 0 Å². The molecule has 1 amide bonds. The second kappa shape index (κ2) is 12.1. The van der Waals surface area contributed by atoms with Crippen LogP contribution in [0.25, 0.3) is 0 Å². The molecular weight excluding hydrogens is 643 g/mol. The predicted molar refractivity (Wildman–Crippen MR) is 176 cm³/mol. The highest BCUT2D eigenvalue weighted by Gasteiger charge is 3.01. The predicted octanol–water partition coefficient (Wildman–Crippen LogP) is 5.65. The lowest BCUT2D eigenvalue weighted by atomic mass is 9.46. The van der Waals surface area contributed by atoms with Crippen LogP contribution in [-0.4, -0.2) is 90.0 Å². The molecule has 260 valence electrons. The fourth-order valence-electron chi connectivity index (χ4n) is 10.2. The summed E-state index contributed by atoms with van der Waals surface area (Å²) in [4.78, 5) is 37.8. The molecule has 0 aromatic rings. The molecule has 8 aliphatic rings. The molecule has 6 fully saturated rings. The zero-order valence-electron chi connectivity index (χ0n) is 27.8. The van der Waals surface area contributed by atoms with E-state index in [4.69, 9.17) is 28.4 Å². The van der Waals surface area contributed by atoms with Gasteiger partial charge in [-0.25, -0.2) is 9.59 Å². The second-order valence-electron chi connectivity index (χ2n) is 15.4. The lowest BCUT2D eigenvalue weighted by Gasteiger charge is -2.53. The van der Waals surface area contributed by atoms with Crippen molar-refractivity contribution in [3.8, 4) is 0 Å². The van der Waals surface area contributed by atoms with Crippen LogP contribution in [-0.2, 0) is 38.0 Å². The van der Waals surface area contributed by atoms with Crippen molar-refractivity contribution < 1.29 is 42.8 Å². The van der Waals surface area contributed by atoms with Crippen molar-refractivity contribution in [1.82, 2.24) is 5.32 Å². The molecule has 2 spiro atoms. The van der Waals surface area contributed by atoms with Gasteiger partial charge in [0, 0.05) is 35.0 Å². The number of carbonyl (C=O) groups is 3. The number of rotatable bonds is 14. The first kappa shape index (κ1) is 32.7. The molecule has 10 atom stereocenters. The number of hydrogen-bond donors (Lipinski definition) is 1. The quantitative estimate of drug-likeness (QED) is 0.105. The Morgan fingerprint density at radius 1 is 1.06 bits per heavy atom. The molecule has 10 nitrogen and oxygen atoms in total. The average Bonchev–Trinajstić information content (AvgIpc) is 3.99. The molecule has 0 aromatic carbocycles. The molecule has 0 radical (unpaired) electrons. The number of amides is 1. The fraction of sp³-hybridized carbons (Fsp3) is 0.857. The molecule has 8 rings (SSSR count). The SMILES string of the molecule is CC(C)[C@]12O[C@H]1[C@@H]1O[C@]13[C@]1(O[C@H]1C[C@H]1C4=C(CC[C@@]13C)C(=O)OC4)[C@@H]2OC(=O)OCCCCCCNC(=O)CCCCC1CCSS1. The maximum Gasteiger partial charge on any atom is 0.508 e. The number of nitrogens with one attached hydrogen (secondary N) is 1. The second-order valence-corrected chi connectivity index (χ2v) is 18.2. The number of hydrogen-bond acceptors (Lipinski definition) is 11. The first-order valence-corrected chi connectivity index (χ1v) is 20.4. The summed E-state index contributed by atoms with van der Waals surface area (Å²) in [6.45, 7) is 7.80. The Hall–Kier alpha value is -1.47. The van der Waals surface area contributed by atoms with Gasteiger partial charge < -0.3 is 33.7 Å². The highest BCUT2D eigenvalue weighted by Crippen LogP contribution is 2.83. The van der Waals surface area contributed by atoms with E-state index in [0.717, 1.165) is 67.8 Å². The Balaban J connectivity index is 0.810. The number of cyclic esters (lactones) is 1. The van der Waals surface area contributed by atoms with Crippen LogP contribution in [0.5, 0.6) is 0 Å². The van der Waals surface area contributed by atoms with Gasteiger partial charge in [-0.3, -0.25) is 4.79 Å². The third-order valence-electron chi connectivity index (χ3n) is 12.8. The summed E-state index contributed by atoms with van der Waals surface area (Å²) < 4.78 is 37.2. The van der Waals surface area contributed by atoms with E-state index in [-0.39, 0.29) is 54.0 Å². The van der Waals surface area contributed by atoms with Gasteiger partial charge in [0.15, 0.2) is 11.7 Å². The van der Waals surface area contributed by atoms with E-state index in [2.05, 4.69) is 26.1 Å². The van der Waals surface area contributed by atoms with Crippen molar-refractivity contribution >= 4 is 39.6 Å². The van der Waals surface area contributed by atoms with Gasteiger partial charge in [0.2, 0.25) is 5.91 Å². The van der Waals surface area contributed by atoms with Crippen LogP contribution in [0.2, 0.25) is 0 Å². The normalized spacial score (nSPS) is 43.1. The third-order valence-corrected chi connectivity index (χ3v) is 15.8. The Kier molecular flexibility index (Phi) is 8.42. The molecule has 3 aliphatic carbocycles. The molecule has 1 unspecified atom stereocenters. The molecule has 0 aromatic heterocycles. The van der Waals surface area contributed by atoms with Crippen molar-refractivity contribution in [3.05, 3.63) is 11.1 Å². The van der Waals surface area contributed by atoms with E-state index in [1.807, 2.05) is 21.6 Å². The molecule has 4 saturated heterocycles. The molecule has 12 heteroatoms. The van der Waals surface area contributed by atoms with Gasteiger partial charge >= 0.3 is 12.1 Å². The smallest absolute Gasteiger partial charge is 0.458 e. The molecule has 5 heterocycles. The summed E-state index contributed by atoms with van der Waals surface area (Å²) in [6.07, 6.45) is 9.18. The lowest BCUT2D eigenvalue weighted by Crippen LogP contribution is -2.70. The van der Waals surface area contributed by atoms with Crippen LogP contribution in [0.3, 0.4) is 0 Å². The van der Waals surface area contributed by atoms with Crippen molar-refractivity contribution in [1.29, 1.82) is 0 Å². The highest BCUT2D eigenvalue weighted by molar-refractivity contribution is 8.77. The van der Waals surface area contributed by atoms with E-state index in [0.29, 0.717) is 26.0 Å². The minimum absolute atomic E-state index is 0.0921. The summed E-state index contributed by atoms with van der Waals surface area (Å²) in [5.41, 5.74) is -0.414. The Labute approximate surface area is 285 Å². The summed E-state index contributed by atoms with van der Waals surface area (Å²) in [6, 6.07) is 0. The van der Waals surface area contributed by atoms with Gasteiger partial charge in [0.1, 0.15) is 30.0 Å². The number of epoxide rings is 3. The molecule has 47 heavy (non-hydrogen) atoms. The molecule has 5 aliphatic heterocycles. The molecular formula is C35H49NO9S2. The average molecular weight is 692 g/mol. The highest BCUT2D eigenvalue weighted by atomic mass is 33.1. The summed E-state index contributed by atoms with van der Waals surface area (Å²) in [5, 5.41) is 3.82. The van der Waals surface area contributed by atoms with Crippen molar-refractivity contribution in [2.24, 2.45) is 17.3 Å².